The van der Waals surface area contributed by atoms with Gasteiger partial charge in [0.15, 0.2) is 0 Å². The van der Waals surface area contributed by atoms with Crippen molar-refractivity contribution in [2.24, 2.45) is 0 Å². The Morgan fingerprint density at radius 2 is 1.72 bits per heavy atom. The number of hydrogen-bond donors (Lipinski definition) is 1. The topological polar surface area (TPSA) is 65.0 Å². The van der Waals surface area contributed by atoms with E-state index in [9.17, 15) is 9.90 Å². The quantitative estimate of drug-likeness (QED) is 0.582. The van der Waals surface area contributed by atoms with Gasteiger partial charge in [-0.2, -0.15) is 0 Å². The Bertz CT molecular complexity index is 777. The van der Waals surface area contributed by atoms with Crippen molar-refractivity contribution in [3.63, 3.8) is 0 Å². The summed E-state index contributed by atoms with van der Waals surface area (Å²) in [6.45, 7) is 5.50. The zero-order valence-electron chi connectivity index (χ0n) is 14.8. The summed E-state index contributed by atoms with van der Waals surface area (Å²) in [4.78, 5) is 11.7. The van der Waals surface area contributed by atoms with Gasteiger partial charge >= 0.3 is 5.97 Å². The average molecular weight is 342 g/mol. The molecule has 2 rings (SSSR count). The van der Waals surface area contributed by atoms with E-state index in [-0.39, 0.29) is 11.7 Å². The predicted octanol–water partition coefficient (Wildman–Crippen LogP) is 4.73. The third-order valence-corrected chi connectivity index (χ3v) is 3.43. The second-order valence-electron chi connectivity index (χ2n) is 5.68. The number of aliphatic carboxylic acids is 1. The summed E-state index contributed by atoms with van der Waals surface area (Å²) in [5.41, 5.74) is 0.511. The molecule has 0 aliphatic carbocycles. The monoisotopic (exact) mass is 342 g/mol. The first-order chi connectivity index (χ1) is 11.9. The van der Waals surface area contributed by atoms with Crippen LogP contribution >= 0.6 is 0 Å². The molecule has 0 saturated heterocycles. The lowest BCUT2D eigenvalue weighted by atomic mass is 10.0. The lowest BCUT2D eigenvalue weighted by Crippen LogP contribution is -2.06. The Morgan fingerprint density at radius 3 is 2.36 bits per heavy atom. The van der Waals surface area contributed by atoms with Gasteiger partial charge in [0.1, 0.15) is 28.6 Å². The van der Waals surface area contributed by atoms with Crippen molar-refractivity contribution < 1.29 is 24.1 Å². The molecule has 0 aromatic heterocycles. The summed E-state index contributed by atoms with van der Waals surface area (Å²) >= 11 is 0. The second-order valence-corrected chi connectivity index (χ2v) is 5.68. The highest BCUT2D eigenvalue weighted by atomic mass is 16.5. The molecule has 0 heterocycles. The number of methoxy groups -OCH3 is 1. The first-order valence-electron chi connectivity index (χ1n) is 7.94. The van der Waals surface area contributed by atoms with Crippen LogP contribution in [0.5, 0.6) is 17.2 Å². The van der Waals surface area contributed by atoms with E-state index in [1.54, 1.807) is 43.3 Å². The Labute approximate surface area is 147 Å². The van der Waals surface area contributed by atoms with Gasteiger partial charge < -0.3 is 19.3 Å². The lowest BCUT2D eigenvalue weighted by molar-refractivity contribution is -0.130. The molecule has 0 aliphatic rings. The van der Waals surface area contributed by atoms with Crippen LogP contribution in [0.4, 0.5) is 0 Å². The van der Waals surface area contributed by atoms with Gasteiger partial charge in [-0.3, -0.25) is 0 Å². The van der Waals surface area contributed by atoms with E-state index < -0.39 is 5.97 Å². The molecule has 2 aromatic carbocycles. The summed E-state index contributed by atoms with van der Waals surface area (Å²) in [6.07, 6.45) is 0.0495. The molecule has 0 amide bonds. The second kappa shape index (κ2) is 8.24. The van der Waals surface area contributed by atoms with Gasteiger partial charge in [0.2, 0.25) is 0 Å². The number of allylic oxidation sites excluding steroid dienone is 1. The predicted molar refractivity (Wildman–Crippen MR) is 96.0 cm³/mol. The van der Waals surface area contributed by atoms with E-state index in [1.165, 1.54) is 7.11 Å². The van der Waals surface area contributed by atoms with Crippen molar-refractivity contribution in [2.45, 2.75) is 26.9 Å². The minimum absolute atomic E-state index is 0.0495. The smallest absolute Gasteiger partial charge is 0.339 e. The fourth-order valence-electron chi connectivity index (χ4n) is 2.33. The molecule has 2 aromatic rings. The van der Waals surface area contributed by atoms with Crippen LogP contribution in [0.1, 0.15) is 26.3 Å². The molecule has 5 nitrogen and oxygen atoms in total. The van der Waals surface area contributed by atoms with Crippen LogP contribution in [-0.2, 0) is 9.53 Å². The molecule has 0 spiro atoms. The number of hydrogen-bond acceptors (Lipinski definition) is 4. The SMILES string of the molecule is CO/C(C)=C(/C(=O)O)c1ccccc1Oc1cccc(OC(C)C)c1. The largest absolute Gasteiger partial charge is 0.500 e. The zero-order chi connectivity index (χ0) is 18.4. The molecule has 1 N–H and O–H groups in total. The number of ether oxygens (including phenoxy) is 3. The van der Waals surface area contributed by atoms with Gasteiger partial charge in [0.05, 0.1) is 13.2 Å². The number of rotatable bonds is 7. The molecular weight excluding hydrogens is 320 g/mol. The molecule has 25 heavy (non-hydrogen) atoms. The molecule has 0 saturated carbocycles. The fourth-order valence-corrected chi connectivity index (χ4v) is 2.33. The number of carboxylic acid groups (broad SMARTS) is 1. The van der Waals surface area contributed by atoms with E-state index in [0.717, 1.165) is 0 Å². The number of para-hydroxylation sites is 1. The summed E-state index contributed by atoms with van der Waals surface area (Å²) in [5, 5.41) is 9.55. The van der Waals surface area contributed by atoms with E-state index in [0.29, 0.717) is 28.6 Å². The third kappa shape index (κ3) is 4.76. The van der Waals surface area contributed by atoms with Crippen LogP contribution in [0.25, 0.3) is 5.57 Å². The van der Waals surface area contributed by atoms with Crippen LogP contribution in [0.2, 0.25) is 0 Å². The van der Waals surface area contributed by atoms with Crippen molar-refractivity contribution in [3.8, 4) is 17.2 Å². The van der Waals surface area contributed by atoms with Crippen molar-refractivity contribution >= 4 is 11.5 Å². The van der Waals surface area contributed by atoms with Crippen LogP contribution in [0.15, 0.2) is 54.3 Å². The normalized spacial score (nSPS) is 11.7. The van der Waals surface area contributed by atoms with Crippen LogP contribution in [0.3, 0.4) is 0 Å². The Balaban J connectivity index is 2.41. The van der Waals surface area contributed by atoms with Gasteiger partial charge in [-0.1, -0.05) is 24.3 Å². The van der Waals surface area contributed by atoms with Crippen molar-refractivity contribution in [1.82, 2.24) is 0 Å². The maximum absolute atomic E-state index is 11.7. The standard InChI is InChI=1S/C20H22O5/c1-13(2)24-15-8-7-9-16(12-15)25-18-11-6-5-10-17(18)19(20(21)22)14(3)23-4/h5-13H,1-4H3,(H,21,22)/b19-14+. The minimum Gasteiger partial charge on any atom is -0.500 e. The zero-order valence-corrected chi connectivity index (χ0v) is 14.8. The van der Waals surface area contributed by atoms with E-state index in [2.05, 4.69) is 0 Å². The highest BCUT2D eigenvalue weighted by molar-refractivity contribution is 6.16. The first-order valence-corrected chi connectivity index (χ1v) is 7.94. The van der Waals surface area contributed by atoms with Gasteiger partial charge in [-0.15, -0.1) is 0 Å². The van der Waals surface area contributed by atoms with Gasteiger partial charge in [0, 0.05) is 11.6 Å². The van der Waals surface area contributed by atoms with E-state index in [4.69, 9.17) is 14.2 Å². The van der Waals surface area contributed by atoms with Crippen molar-refractivity contribution in [3.05, 3.63) is 59.9 Å². The van der Waals surface area contributed by atoms with Crippen molar-refractivity contribution in [2.75, 3.05) is 7.11 Å². The minimum atomic E-state index is -1.08. The number of benzene rings is 2. The van der Waals surface area contributed by atoms with E-state index in [1.807, 2.05) is 26.0 Å². The molecule has 0 aliphatic heterocycles. The number of carboxylic acids is 1. The van der Waals surface area contributed by atoms with Crippen molar-refractivity contribution in [1.29, 1.82) is 0 Å². The molecule has 0 atom stereocenters. The summed E-state index contributed by atoms with van der Waals surface area (Å²) in [7, 11) is 1.44. The first kappa shape index (κ1) is 18.4. The van der Waals surface area contributed by atoms with Crippen LogP contribution < -0.4 is 9.47 Å². The maximum atomic E-state index is 11.7. The summed E-state index contributed by atoms with van der Waals surface area (Å²) in [6, 6.07) is 14.2. The molecule has 0 radical (unpaired) electrons. The molecule has 0 fully saturated rings. The molecule has 5 heteroatoms. The van der Waals surface area contributed by atoms with Gasteiger partial charge in [-0.25, -0.2) is 4.79 Å². The highest BCUT2D eigenvalue weighted by Crippen LogP contribution is 2.33. The Morgan fingerprint density at radius 1 is 1.04 bits per heavy atom. The van der Waals surface area contributed by atoms with Crippen LogP contribution in [0, 0.1) is 0 Å². The maximum Gasteiger partial charge on any atom is 0.339 e. The average Bonchev–Trinajstić information content (AvgIpc) is 2.56. The molecular formula is C20H22O5. The third-order valence-electron chi connectivity index (χ3n) is 3.43. The van der Waals surface area contributed by atoms with Gasteiger partial charge in [0.25, 0.3) is 0 Å². The molecule has 0 bridgehead atoms. The fraction of sp³-hybridized carbons (Fsp3) is 0.250. The van der Waals surface area contributed by atoms with Gasteiger partial charge in [-0.05, 0) is 39.0 Å². The molecule has 132 valence electrons. The summed E-state index contributed by atoms with van der Waals surface area (Å²) in [5.74, 6) is 0.906. The summed E-state index contributed by atoms with van der Waals surface area (Å²) < 4.78 is 16.7. The highest BCUT2D eigenvalue weighted by Gasteiger charge is 2.19. The Kier molecular flexibility index (Phi) is 6.06. The Hall–Kier alpha value is -2.95. The van der Waals surface area contributed by atoms with Crippen LogP contribution in [-0.4, -0.2) is 24.3 Å². The number of carbonyl (C=O) groups is 1. The van der Waals surface area contributed by atoms with E-state index >= 15 is 0 Å². The molecule has 0 unspecified atom stereocenters. The lowest BCUT2D eigenvalue weighted by Gasteiger charge is -2.15.